The fraction of sp³-hybridized carbons (Fsp3) is 0.333. The molecule has 0 heterocycles. The van der Waals surface area contributed by atoms with E-state index in [0.717, 1.165) is 5.30 Å². The van der Waals surface area contributed by atoms with Crippen molar-refractivity contribution in [1.82, 2.24) is 0 Å². The second-order valence-corrected chi connectivity index (χ2v) is 7.53. The summed E-state index contributed by atoms with van der Waals surface area (Å²) >= 11 is 0. The highest BCUT2D eigenvalue weighted by Gasteiger charge is 2.32. The van der Waals surface area contributed by atoms with Crippen LogP contribution in [0.2, 0.25) is 0 Å². The van der Waals surface area contributed by atoms with Gasteiger partial charge in [-0.05, 0) is 60.7 Å². The lowest BCUT2D eigenvalue weighted by Crippen LogP contribution is -2.12. The lowest BCUT2D eigenvalue weighted by atomic mass is 9.99. The molecule has 30 heavy (non-hydrogen) atoms. The van der Waals surface area contributed by atoms with Crippen molar-refractivity contribution < 1.29 is 18.3 Å². The van der Waals surface area contributed by atoms with Crippen LogP contribution in [-0.2, 0) is 12.7 Å². The minimum Gasteiger partial charge on any atom is -0.384 e. The number of aliphatic hydroxyl groups is 1. The molecule has 2 aromatic rings. The van der Waals surface area contributed by atoms with Crippen LogP contribution in [0.1, 0.15) is 49.1 Å². The molecule has 0 fully saturated rings. The van der Waals surface area contributed by atoms with Gasteiger partial charge in [0.05, 0.1) is 5.56 Å². The summed E-state index contributed by atoms with van der Waals surface area (Å²) in [7, 11) is 0.566. The zero-order chi connectivity index (χ0) is 22.9. The molecule has 2 atom stereocenters. The van der Waals surface area contributed by atoms with Crippen LogP contribution in [0.3, 0.4) is 0 Å². The molecule has 2 unspecified atom stereocenters. The third-order valence-electron chi connectivity index (χ3n) is 4.61. The van der Waals surface area contributed by atoms with Crippen LogP contribution in [0.25, 0.3) is 0 Å². The first-order chi connectivity index (χ1) is 14.2. The zero-order valence-corrected chi connectivity index (χ0v) is 19.2. The van der Waals surface area contributed by atoms with Crippen LogP contribution < -0.4 is 10.6 Å². The number of hydrogen-bond acceptors (Lipinski definition) is 2. The van der Waals surface area contributed by atoms with Crippen molar-refractivity contribution in [2.45, 2.75) is 46.5 Å². The van der Waals surface area contributed by atoms with Gasteiger partial charge in [-0.1, -0.05) is 59.4 Å². The number of anilines is 1. The fourth-order valence-electron chi connectivity index (χ4n) is 2.95. The fourth-order valence-corrected chi connectivity index (χ4v) is 3.50. The van der Waals surface area contributed by atoms with Gasteiger partial charge in [-0.3, -0.25) is 0 Å². The average molecular weight is 437 g/mol. The van der Waals surface area contributed by atoms with Gasteiger partial charge < -0.3 is 10.4 Å². The minimum absolute atomic E-state index is 0.198. The summed E-state index contributed by atoms with van der Waals surface area (Å²) in [6.07, 6.45) is -1.84. The molecule has 2 nitrogen and oxygen atoms in total. The number of nitrogens with one attached hydrogen (secondary N) is 1. The van der Waals surface area contributed by atoms with Gasteiger partial charge in [0, 0.05) is 17.8 Å². The largest absolute Gasteiger partial charge is 0.416 e. The topological polar surface area (TPSA) is 32.3 Å². The Hall–Kier alpha value is -2.10. The molecule has 0 aliphatic heterocycles. The molecule has 2 N–H and O–H groups in total. The number of aliphatic hydroxyl groups excluding tert-OH is 1. The van der Waals surface area contributed by atoms with Crippen LogP contribution in [0.4, 0.5) is 18.9 Å². The number of rotatable bonds is 7. The Morgan fingerprint density at radius 3 is 2.40 bits per heavy atom. The van der Waals surface area contributed by atoms with Gasteiger partial charge in [0.15, 0.2) is 0 Å². The van der Waals surface area contributed by atoms with Gasteiger partial charge in [0.25, 0.3) is 0 Å². The molecule has 0 saturated heterocycles. The maximum Gasteiger partial charge on any atom is 0.416 e. The first kappa shape index (κ1) is 25.9. The van der Waals surface area contributed by atoms with Crippen molar-refractivity contribution in [3.05, 3.63) is 83.0 Å². The normalized spacial score (nSPS) is 13.0. The molecule has 0 aliphatic carbocycles. The Morgan fingerprint density at radius 2 is 1.87 bits per heavy atom. The Balaban J connectivity index is 0.00000218. The van der Waals surface area contributed by atoms with E-state index in [1.807, 2.05) is 45.6 Å². The highest BCUT2D eigenvalue weighted by molar-refractivity contribution is 7.46. The zero-order valence-electron chi connectivity index (χ0n) is 18.2. The quantitative estimate of drug-likeness (QED) is 0.371. The molecule has 6 heteroatoms. The van der Waals surface area contributed by atoms with Crippen LogP contribution in [0, 0.1) is 6.92 Å². The Bertz CT molecular complexity index is 875. The lowest BCUT2D eigenvalue weighted by molar-refractivity contribution is -0.138. The predicted octanol–water partition coefficient (Wildman–Crippen LogP) is 6.75. The molecule has 0 spiro atoms. The summed E-state index contributed by atoms with van der Waals surface area (Å²) in [5.74, 6) is 0. The summed E-state index contributed by atoms with van der Waals surface area (Å²) < 4.78 is 39.4. The number of aryl methyl sites for hydroxylation is 1. The van der Waals surface area contributed by atoms with Gasteiger partial charge in [0.2, 0.25) is 0 Å². The van der Waals surface area contributed by atoms with Crippen molar-refractivity contribution >= 4 is 19.6 Å². The Morgan fingerprint density at radius 1 is 1.20 bits per heavy atom. The minimum atomic E-state index is -4.38. The van der Waals surface area contributed by atoms with Gasteiger partial charge in [-0.2, -0.15) is 13.2 Å². The van der Waals surface area contributed by atoms with E-state index < -0.39 is 17.8 Å². The van der Waals surface area contributed by atoms with E-state index >= 15 is 0 Å². The molecular weight excluding hydrogens is 406 g/mol. The predicted molar refractivity (Wildman–Crippen MR) is 124 cm³/mol. The summed E-state index contributed by atoms with van der Waals surface area (Å²) in [5.41, 5.74) is 2.14. The number of halogens is 3. The van der Waals surface area contributed by atoms with Crippen molar-refractivity contribution in [1.29, 1.82) is 0 Å². The second-order valence-electron chi connectivity index (χ2n) is 6.45. The summed E-state index contributed by atoms with van der Waals surface area (Å²) in [6, 6.07) is 10.1. The van der Waals surface area contributed by atoms with E-state index in [9.17, 15) is 18.3 Å². The molecule has 2 aromatic carbocycles. The molecule has 0 aromatic heterocycles. The van der Waals surface area contributed by atoms with E-state index in [1.165, 1.54) is 19.1 Å². The van der Waals surface area contributed by atoms with E-state index in [4.69, 9.17) is 0 Å². The summed E-state index contributed by atoms with van der Waals surface area (Å²) in [5, 5.41) is 15.0. The maximum atomic E-state index is 13.1. The van der Waals surface area contributed by atoms with Crippen molar-refractivity contribution in [3.63, 3.8) is 0 Å². The third kappa shape index (κ3) is 6.72. The van der Waals surface area contributed by atoms with Gasteiger partial charge in [-0.15, -0.1) is 0 Å². The smallest absolute Gasteiger partial charge is 0.384 e. The lowest BCUT2D eigenvalue weighted by Gasteiger charge is -2.19. The molecular formula is C24H31F3NOP. The van der Waals surface area contributed by atoms with Gasteiger partial charge in [-0.25, -0.2) is 0 Å². The van der Waals surface area contributed by atoms with Crippen LogP contribution in [-0.4, -0.2) is 11.8 Å². The molecule has 0 saturated carbocycles. The summed E-state index contributed by atoms with van der Waals surface area (Å²) in [4.78, 5) is 0. The van der Waals surface area contributed by atoms with E-state index in [2.05, 4.69) is 11.9 Å². The third-order valence-corrected chi connectivity index (χ3v) is 5.50. The molecule has 0 radical (unpaired) electrons. The van der Waals surface area contributed by atoms with Crippen LogP contribution in [0.5, 0.6) is 0 Å². The number of allylic oxidation sites excluding steroid dienone is 1. The van der Waals surface area contributed by atoms with E-state index in [0.29, 0.717) is 31.0 Å². The molecule has 0 bridgehead atoms. The summed E-state index contributed by atoms with van der Waals surface area (Å²) in [6.45, 7) is 13.3. The highest BCUT2D eigenvalue weighted by Crippen LogP contribution is 2.33. The monoisotopic (exact) mass is 437 g/mol. The van der Waals surface area contributed by atoms with Gasteiger partial charge >= 0.3 is 6.18 Å². The second kappa shape index (κ2) is 11.9. The Labute approximate surface area is 179 Å². The molecule has 164 valence electrons. The van der Waals surface area contributed by atoms with Crippen LogP contribution >= 0.6 is 8.58 Å². The van der Waals surface area contributed by atoms with E-state index in [-0.39, 0.29) is 12.1 Å². The van der Waals surface area contributed by atoms with Crippen molar-refractivity contribution in [3.8, 4) is 0 Å². The molecule has 0 aliphatic rings. The number of alkyl halides is 3. The molecule has 0 amide bonds. The number of hydrogen-bond donors (Lipinski definition) is 2. The first-order valence-corrected chi connectivity index (χ1v) is 11.4. The number of benzene rings is 2. The van der Waals surface area contributed by atoms with Crippen molar-refractivity contribution in [2.75, 3.05) is 12.0 Å². The standard InChI is InChI=1S/C22H25F3NOP.C2H6/c1-5-16(6-2)21(27)18-12-17(28-4)9-10-20(18)26-13-15-8-7-14(3)19(11-15)22(23,24)25;1-2/h5-12,21,26-28H,1,13H2,2-4H3;1-2H3/b16-6+;. The van der Waals surface area contributed by atoms with Crippen molar-refractivity contribution in [2.24, 2.45) is 0 Å². The van der Waals surface area contributed by atoms with E-state index in [1.54, 1.807) is 18.2 Å². The Kier molecular flexibility index (Phi) is 10.3. The first-order valence-electron chi connectivity index (χ1n) is 9.90. The van der Waals surface area contributed by atoms with Gasteiger partial charge in [0.1, 0.15) is 6.10 Å². The SMILES string of the molecule is C=C/C(=C\C)C(O)c1cc(PC)ccc1NCc1ccc(C)c(C(F)(F)F)c1.CC. The maximum absolute atomic E-state index is 13.1. The average Bonchev–Trinajstić information content (AvgIpc) is 2.74. The molecule has 2 rings (SSSR count). The highest BCUT2D eigenvalue weighted by atomic mass is 31.1. The van der Waals surface area contributed by atoms with Crippen LogP contribution in [0.15, 0.2) is 60.7 Å².